The van der Waals surface area contributed by atoms with Gasteiger partial charge in [-0.05, 0) is 30.7 Å². The Hall–Kier alpha value is -3.27. The number of amides is 1. The summed E-state index contributed by atoms with van der Waals surface area (Å²) >= 11 is 0. The summed E-state index contributed by atoms with van der Waals surface area (Å²) in [5.41, 5.74) is 6.37. The van der Waals surface area contributed by atoms with Gasteiger partial charge in [-0.25, -0.2) is 0 Å². The summed E-state index contributed by atoms with van der Waals surface area (Å²) in [4.78, 5) is 25.3. The zero-order chi connectivity index (χ0) is 17.0. The summed E-state index contributed by atoms with van der Waals surface area (Å²) < 4.78 is 10.5. The number of aryl methyl sites for hydroxylation is 1. The standard InChI is InChI=1S/C16H15N3O4/c1-9-5-11(12(7-17)16(21)19-9)10-3-4-13(14(6-10)22-2)23-8-15(18)20/h3-6H,8H2,1-2H3,(H2,18,20)(H,19,21). The van der Waals surface area contributed by atoms with Gasteiger partial charge < -0.3 is 20.2 Å². The number of hydrogen-bond acceptors (Lipinski definition) is 5. The number of nitriles is 1. The third kappa shape index (κ3) is 3.49. The molecule has 3 N–H and O–H groups in total. The third-order valence-corrected chi connectivity index (χ3v) is 3.12. The second-order valence-electron chi connectivity index (χ2n) is 4.80. The highest BCUT2D eigenvalue weighted by molar-refractivity contribution is 5.76. The second kappa shape index (κ2) is 6.66. The fraction of sp³-hybridized carbons (Fsp3) is 0.188. The summed E-state index contributed by atoms with van der Waals surface area (Å²) in [5.74, 6) is 0.105. The molecule has 0 unspecified atom stereocenters. The quantitative estimate of drug-likeness (QED) is 0.856. The average Bonchev–Trinajstić information content (AvgIpc) is 2.52. The van der Waals surface area contributed by atoms with E-state index in [9.17, 15) is 14.9 Å². The van der Waals surface area contributed by atoms with Crippen LogP contribution in [0.3, 0.4) is 0 Å². The van der Waals surface area contributed by atoms with Gasteiger partial charge in [0.25, 0.3) is 11.5 Å². The monoisotopic (exact) mass is 313 g/mol. The molecule has 0 aliphatic carbocycles. The lowest BCUT2D eigenvalue weighted by molar-refractivity contribution is -0.119. The van der Waals surface area contributed by atoms with Crippen molar-refractivity contribution in [3.8, 4) is 28.7 Å². The van der Waals surface area contributed by atoms with Crippen molar-refractivity contribution in [1.82, 2.24) is 4.98 Å². The first-order valence-corrected chi connectivity index (χ1v) is 6.69. The van der Waals surface area contributed by atoms with Gasteiger partial charge in [-0.15, -0.1) is 0 Å². The zero-order valence-electron chi connectivity index (χ0n) is 12.7. The Kier molecular flexibility index (Phi) is 4.66. The predicted molar refractivity (Wildman–Crippen MR) is 83.2 cm³/mol. The first-order valence-electron chi connectivity index (χ1n) is 6.69. The van der Waals surface area contributed by atoms with Crippen molar-refractivity contribution < 1.29 is 14.3 Å². The van der Waals surface area contributed by atoms with E-state index >= 15 is 0 Å². The number of pyridine rings is 1. The van der Waals surface area contributed by atoms with Crippen molar-refractivity contribution in [1.29, 1.82) is 5.26 Å². The van der Waals surface area contributed by atoms with Crippen molar-refractivity contribution in [2.24, 2.45) is 5.73 Å². The maximum Gasteiger partial charge on any atom is 0.266 e. The first-order chi connectivity index (χ1) is 11.0. The number of ether oxygens (including phenoxy) is 2. The number of benzene rings is 1. The number of nitrogens with one attached hydrogen (secondary N) is 1. The van der Waals surface area contributed by atoms with Crippen LogP contribution in [-0.2, 0) is 4.79 Å². The fourth-order valence-corrected chi connectivity index (χ4v) is 2.13. The van der Waals surface area contributed by atoms with Gasteiger partial charge in [-0.2, -0.15) is 5.26 Å². The number of H-pyrrole nitrogens is 1. The van der Waals surface area contributed by atoms with Gasteiger partial charge in [0.2, 0.25) is 0 Å². The normalized spacial score (nSPS) is 9.96. The summed E-state index contributed by atoms with van der Waals surface area (Å²) in [5, 5.41) is 9.20. The molecule has 2 aromatic rings. The smallest absolute Gasteiger partial charge is 0.266 e. The van der Waals surface area contributed by atoms with E-state index in [1.54, 1.807) is 31.2 Å². The van der Waals surface area contributed by atoms with E-state index in [0.29, 0.717) is 28.3 Å². The highest BCUT2D eigenvalue weighted by Gasteiger charge is 2.13. The second-order valence-corrected chi connectivity index (χ2v) is 4.80. The molecule has 1 amide bonds. The van der Waals surface area contributed by atoms with Gasteiger partial charge in [-0.1, -0.05) is 6.07 Å². The molecule has 1 heterocycles. The summed E-state index contributed by atoms with van der Waals surface area (Å²) in [6, 6.07) is 8.51. The Morgan fingerprint density at radius 3 is 2.70 bits per heavy atom. The van der Waals surface area contributed by atoms with E-state index in [1.165, 1.54) is 7.11 Å². The van der Waals surface area contributed by atoms with Crippen molar-refractivity contribution in [3.63, 3.8) is 0 Å². The van der Waals surface area contributed by atoms with Crippen LogP contribution in [-0.4, -0.2) is 24.6 Å². The van der Waals surface area contributed by atoms with E-state index in [-0.39, 0.29) is 12.2 Å². The minimum atomic E-state index is -0.604. The molecule has 2 rings (SSSR count). The Morgan fingerprint density at radius 2 is 2.09 bits per heavy atom. The number of carbonyl (C=O) groups is 1. The number of rotatable bonds is 5. The number of carbonyl (C=O) groups excluding carboxylic acids is 1. The van der Waals surface area contributed by atoms with Gasteiger partial charge in [0.15, 0.2) is 18.1 Å². The molecule has 1 aromatic heterocycles. The van der Waals surface area contributed by atoms with Crippen LogP contribution >= 0.6 is 0 Å². The predicted octanol–water partition coefficient (Wildman–Crippen LogP) is 1.09. The minimum Gasteiger partial charge on any atom is -0.493 e. The number of aromatic nitrogens is 1. The molecule has 7 heteroatoms. The lowest BCUT2D eigenvalue weighted by atomic mass is 10.0. The molecule has 1 aromatic carbocycles. The molecule has 0 aliphatic heterocycles. The van der Waals surface area contributed by atoms with Crippen LogP contribution < -0.4 is 20.8 Å². The highest BCUT2D eigenvalue weighted by atomic mass is 16.5. The molecule has 0 saturated heterocycles. The highest BCUT2D eigenvalue weighted by Crippen LogP contribution is 2.33. The van der Waals surface area contributed by atoms with Crippen molar-refractivity contribution in [3.05, 3.63) is 45.9 Å². The van der Waals surface area contributed by atoms with E-state index in [0.717, 1.165) is 0 Å². The van der Waals surface area contributed by atoms with E-state index in [2.05, 4.69) is 4.98 Å². The Labute approximate surface area is 132 Å². The van der Waals surface area contributed by atoms with E-state index in [1.807, 2.05) is 6.07 Å². The van der Waals surface area contributed by atoms with Gasteiger partial charge >= 0.3 is 0 Å². The SMILES string of the molecule is COc1cc(-c2cc(C)[nH]c(=O)c2C#N)ccc1OCC(N)=O. The van der Waals surface area contributed by atoms with Crippen molar-refractivity contribution in [2.75, 3.05) is 13.7 Å². The van der Waals surface area contributed by atoms with Crippen LogP contribution in [0, 0.1) is 18.3 Å². The number of nitrogens with zero attached hydrogens (tertiary/aromatic N) is 1. The maximum absolute atomic E-state index is 11.9. The average molecular weight is 313 g/mol. The summed E-state index contributed by atoms with van der Waals surface area (Å²) in [6.07, 6.45) is 0. The molecule has 0 fully saturated rings. The van der Waals surface area contributed by atoms with Gasteiger partial charge in [0, 0.05) is 11.3 Å². The van der Waals surface area contributed by atoms with Crippen LogP contribution in [0.25, 0.3) is 11.1 Å². The van der Waals surface area contributed by atoms with Crippen molar-refractivity contribution in [2.45, 2.75) is 6.92 Å². The van der Waals surface area contributed by atoms with Crippen molar-refractivity contribution >= 4 is 5.91 Å². The molecule has 7 nitrogen and oxygen atoms in total. The Bertz CT molecular complexity index is 849. The summed E-state index contributed by atoms with van der Waals surface area (Å²) in [6.45, 7) is 1.46. The maximum atomic E-state index is 11.9. The number of aromatic amines is 1. The number of primary amides is 1. The molecule has 0 radical (unpaired) electrons. The molecule has 0 bridgehead atoms. The van der Waals surface area contributed by atoms with E-state index < -0.39 is 11.5 Å². The Morgan fingerprint density at radius 1 is 1.35 bits per heavy atom. The molecule has 0 atom stereocenters. The number of methoxy groups -OCH3 is 1. The van der Waals surface area contributed by atoms with Crippen LogP contribution in [0.4, 0.5) is 0 Å². The van der Waals surface area contributed by atoms with Gasteiger partial charge in [0.05, 0.1) is 7.11 Å². The minimum absolute atomic E-state index is 0.0171. The third-order valence-electron chi connectivity index (χ3n) is 3.12. The molecule has 23 heavy (non-hydrogen) atoms. The molecule has 0 aliphatic rings. The lowest BCUT2D eigenvalue weighted by Gasteiger charge is -2.12. The lowest BCUT2D eigenvalue weighted by Crippen LogP contribution is -2.20. The first kappa shape index (κ1) is 16.1. The molecular weight excluding hydrogens is 298 g/mol. The number of hydrogen-bond donors (Lipinski definition) is 2. The zero-order valence-corrected chi connectivity index (χ0v) is 12.7. The number of nitrogens with two attached hydrogens (primary N) is 1. The van der Waals surface area contributed by atoms with Crippen LogP contribution in [0.2, 0.25) is 0 Å². The Balaban J connectivity index is 2.52. The summed E-state index contributed by atoms with van der Waals surface area (Å²) in [7, 11) is 1.45. The molecular formula is C16H15N3O4. The molecule has 118 valence electrons. The van der Waals surface area contributed by atoms with Crippen LogP contribution in [0.5, 0.6) is 11.5 Å². The van der Waals surface area contributed by atoms with Crippen LogP contribution in [0.1, 0.15) is 11.3 Å². The fourth-order valence-electron chi connectivity index (χ4n) is 2.13. The molecule has 0 spiro atoms. The van der Waals surface area contributed by atoms with Crippen LogP contribution in [0.15, 0.2) is 29.1 Å². The largest absolute Gasteiger partial charge is 0.493 e. The van der Waals surface area contributed by atoms with Gasteiger partial charge in [-0.3, -0.25) is 9.59 Å². The van der Waals surface area contributed by atoms with E-state index in [4.69, 9.17) is 15.2 Å². The molecule has 0 saturated carbocycles. The van der Waals surface area contributed by atoms with Gasteiger partial charge in [0.1, 0.15) is 11.6 Å². The topological polar surface area (TPSA) is 118 Å².